The van der Waals surface area contributed by atoms with Gasteiger partial charge in [0.2, 0.25) is 0 Å². The van der Waals surface area contributed by atoms with E-state index in [1.54, 1.807) is 25.1 Å². The number of carbonyl (C=O) groups is 2. The van der Waals surface area contributed by atoms with Gasteiger partial charge < -0.3 is 14.4 Å². The van der Waals surface area contributed by atoms with Crippen molar-refractivity contribution in [3.8, 4) is 0 Å². The van der Waals surface area contributed by atoms with Gasteiger partial charge in [-0.25, -0.2) is 4.79 Å². The summed E-state index contributed by atoms with van der Waals surface area (Å²) in [6.45, 7) is 6.54. The second-order valence-electron chi connectivity index (χ2n) is 4.61. The van der Waals surface area contributed by atoms with E-state index < -0.39 is 31.6 Å². The lowest BCUT2D eigenvalue weighted by molar-refractivity contribution is -0.158. The molecule has 0 bridgehead atoms. The number of hydrogen-bond donors (Lipinski definition) is 1. The lowest BCUT2D eigenvalue weighted by Gasteiger charge is -2.22. The van der Waals surface area contributed by atoms with Crippen LogP contribution in [0.25, 0.3) is 0 Å². The van der Waals surface area contributed by atoms with Crippen LogP contribution in [0.2, 0.25) is 0 Å². The number of rotatable bonds is 7. The molecule has 120 valence electrons. The third-order valence-electron chi connectivity index (χ3n) is 2.77. The molecule has 0 heterocycles. The predicted molar refractivity (Wildman–Crippen MR) is 81.8 cm³/mol. The van der Waals surface area contributed by atoms with Crippen molar-refractivity contribution >= 4 is 24.6 Å². The van der Waals surface area contributed by atoms with E-state index in [9.17, 15) is 19.0 Å². The van der Waals surface area contributed by atoms with E-state index in [-0.39, 0.29) is 17.5 Å². The molecule has 6 nitrogen and oxygen atoms in total. The minimum absolute atomic E-state index is 0.0663. The molecule has 1 aromatic rings. The first-order valence-corrected chi connectivity index (χ1v) is 8.42. The van der Waals surface area contributed by atoms with Gasteiger partial charge in [-0.3, -0.25) is 9.36 Å². The Bertz CT molecular complexity index is 595. The van der Waals surface area contributed by atoms with Gasteiger partial charge in [0, 0.05) is 17.5 Å². The largest absolute Gasteiger partial charge is 0.390 e. The second-order valence-corrected chi connectivity index (χ2v) is 6.95. The highest BCUT2D eigenvalue weighted by molar-refractivity contribution is 7.66. The Morgan fingerprint density at radius 1 is 1.32 bits per heavy atom. The van der Waals surface area contributed by atoms with Crippen molar-refractivity contribution in [3.63, 3.8) is 0 Å². The van der Waals surface area contributed by atoms with Gasteiger partial charge in [-0.1, -0.05) is 24.8 Å². The third-order valence-corrected chi connectivity index (χ3v) is 4.92. The first-order chi connectivity index (χ1) is 10.3. The molecule has 1 aromatic carbocycles. The van der Waals surface area contributed by atoms with E-state index in [0.29, 0.717) is 0 Å². The molecule has 0 spiro atoms. The standard InChI is InChI=1S/C15H19O6P/c1-4-20-14(10-13(16)21-15(17)11(2)3)22(18,19)12-8-6-5-7-9-12/h5-9,14H,2,4,10H2,1,3H3,(H,18,19). The molecule has 22 heavy (non-hydrogen) atoms. The highest BCUT2D eigenvalue weighted by Gasteiger charge is 2.36. The molecule has 0 aliphatic heterocycles. The van der Waals surface area contributed by atoms with Gasteiger partial charge in [-0.2, -0.15) is 0 Å². The Balaban J connectivity index is 2.89. The zero-order valence-electron chi connectivity index (χ0n) is 12.5. The lowest BCUT2D eigenvalue weighted by Crippen LogP contribution is -2.25. The van der Waals surface area contributed by atoms with Crippen molar-refractivity contribution in [2.24, 2.45) is 0 Å². The van der Waals surface area contributed by atoms with Crippen molar-refractivity contribution in [1.29, 1.82) is 0 Å². The van der Waals surface area contributed by atoms with E-state index in [2.05, 4.69) is 11.3 Å². The number of hydrogen-bond acceptors (Lipinski definition) is 5. The maximum Gasteiger partial charge on any atom is 0.340 e. The van der Waals surface area contributed by atoms with Crippen molar-refractivity contribution in [2.75, 3.05) is 6.61 Å². The van der Waals surface area contributed by atoms with E-state index >= 15 is 0 Å². The summed E-state index contributed by atoms with van der Waals surface area (Å²) in [5.74, 6) is -3.07. The topological polar surface area (TPSA) is 89.9 Å². The van der Waals surface area contributed by atoms with E-state index in [1.165, 1.54) is 19.1 Å². The van der Waals surface area contributed by atoms with Gasteiger partial charge >= 0.3 is 11.9 Å². The molecule has 0 aliphatic rings. The van der Waals surface area contributed by atoms with Crippen LogP contribution in [0.1, 0.15) is 20.3 Å². The van der Waals surface area contributed by atoms with Crippen molar-refractivity contribution < 1.29 is 28.5 Å². The summed E-state index contributed by atoms with van der Waals surface area (Å²) in [5.41, 5.74) is 0.0663. The average molecular weight is 326 g/mol. The fourth-order valence-corrected chi connectivity index (χ4v) is 3.34. The average Bonchev–Trinajstić information content (AvgIpc) is 2.47. The lowest BCUT2D eigenvalue weighted by atomic mass is 10.3. The van der Waals surface area contributed by atoms with E-state index in [1.807, 2.05) is 0 Å². The second kappa shape index (κ2) is 8.03. The van der Waals surface area contributed by atoms with Crippen LogP contribution < -0.4 is 5.30 Å². The van der Waals surface area contributed by atoms with Crippen LogP contribution >= 0.6 is 7.37 Å². The SMILES string of the molecule is C=C(C)C(=O)OC(=O)CC(OCC)P(=O)(O)c1ccccc1. The summed E-state index contributed by atoms with van der Waals surface area (Å²) in [4.78, 5) is 33.3. The fourth-order valence-electron chi connectivity index (χ4n) is 1.66. The quantitative estimate of drug-likeness (QED) is 0.357. The number of esters is 2. The Morgan fingerprint density at radius 2 is 1.91 bits per heavy atom. The van der Waals surface area contributed by atoms with Gasteiger partial charge in [0.25, 0.3) is 7.37 Å². The van der Waals surface area contributed by atoms with Gasteiger partial charge in [0.05, 0.1) is 6.42 Å². The smallest absolute Gasteiger partial charge is 0.340 e. The zero-order chi connectivity index (χ0) is 16.8. The summed E-state index contributed by atoms with van der Waals surface area (Å²) in [7, 11) is -3.95. The Morgan fingerprint density at radius 3 is 2.41 bits per heavy atom. The number of carbonyl (C=O) groups excluding carboxylic acids is 2. The Kier molecular flexibility index (Phi) is 6.68. The van der Waals surface area contributed by atoms with Crippen molar-refractivity contribution in [2.45, 2.75) is 26.1 Å². The number of benzene rings is 1. The molecule has 0 amide bonds. The van der Waals surface area contributed by atoms with Crippen LogP contribution in [0.4, 0.5) is 0 Å². The molecular formula is C15H19O6P. The maximum absolute atomic E-state index is 12.6. The molecule has 0 aliphatic carbocycles. The van der Waals surface area contributed by atoms with Gasteiger partial charge in [0.15, 0.2) is 0 Å². The fraction of sp³-hybridized carbons (Fsp3) is 0.333. The Labute approximate surface area is 129 Å². The van der Waals surface area contributed by atoms with Crippen LogP contribution in [-0.4, -0.2) is 29.3 Å². The summed E-state index contributed by atoms with van der Waals surface area (Å²) in [6.07, 6.45) is -0.504. The molecule has 2 atom stereocenters. The summed E-state index contributed by atoms with van der Waals surface area (Å²) in [6, 6.07) is 7.90. The normalized spacial score (nSPS) is 14.7. The maximum atomic E-state index is 12.6. The minimum atomic E-state index is -3.95. The third kappa shape index (κ3) is 4.91. The summed E-state index contributed by atoms with van der Waals surface area (Å²) < 4.78 is 22.3. The first kappa shape index (κ1) is 18.3. The molecule has 0 radical (unpaired) electrons. The van der Waals surface area contributed by atoms with Gasteiger partial charge in [0.1, 0.15) is 5.85 Å². The highest BCUT2D eigenvalue weighted by atomic mass is 31.2. The Hall–Kier alpha value is -1.75. The van der Waals surface area contributed by atoms with Crippen LogP contribution in [0, 0.1) is 0 Å². The molecule has 0 saturated heterocycles. The van der Waals surface area contributed by atoms with Gasteiger partial charge in [-0.15, -0.1) is 0 Å². The monoisotopic (exact) mass is 326 g/mol. The molecule has 1 rings (SSSR count). The summed E-state index contributed by atoms with van der Waals surface area (Å²) >= 11 is 0. The molecule has 1 N–H and O–H groups in total. The molecule has 0 fully saturated rings. The molecule has 7 heteroatoms. The molecule has 0 saturated carbocycles. The van der Waals surface area contributed by atoms with Crippen LogP contribution in [0.3, 0.4) is 0 Å². The number of ether oxygens (including phenoxy) is 2. The highest BCUT2D eigenvalue weighted by Crippen LogP contribution is 2.47. The summed E-state index contributed by atoms with van der Waals surface area (Å²) in [5, 5.41) is 0.174. The van der Waals surface area contributed by atoms with Crippen LogP contribution in [-0.2, 0) is 23.6 Å². The molecule has 2 unspecified atom stereocenters. The van der Waals surface area contributed by atoms with E-state index in [0.717, 1.165) is 0 Å². The van der Waals surface area contributed by atoms with Crippen LogP contribution in [0.5, 0.6) is 0 Å². The van der Waals surface area contributed by atoms with Gasteiger partial charge in [-0.05, 0) is 26.0 Å². The van der Waals surface area contributed by atoms with E-state index in [4.69, 9.17) is 4.74 Å². The van der Waals surface area contributed by atoms with Crippen molar-refractivity contribution in [3.05, 3.63) is 42.5 Å². The predicted octanol–water partition coefficient (Wildman–Crippen LogP) is 1.98. The zero-order valence-corrected chi connectivity index (χ0v) is 13.4. The molecular weight excluding hydrogens is 307 g/mol. The van der Waals surface area contributed by atoms with Crippen LogP contribution in [0.15, 0.2) is 42.5 Å². The first-order valence-electron chi connectivity index (χ1n) is 6.69. The van der Waals surface area contributed by atoms with Crippen molar-refractivity contribution in [1.82, 2.24) is 0 Å². The minimum Gasteiger partial charge on any atom is -0.390 e. The molecule has 0 aromatic heterocycles.